The number of hydrogen-bond acceptors (Lipinski definition) is 2. The Kier molecular flexibility index (Phi) is 10.8. The van der Waals surface area contributed by atoms with Crippen LogP contribution in [0.1, 0.15) is 11.1 Å². The second-order valence-corrected chi connectivity index (χ2v) is 5.96. The van der Waals surface area contributed by atoms with Crippen LogP contribution in [0.15, 0.2) is 60.7 Å². The van der Waals surface area contributed by atoms with Gasteiger partial charge in [0.05, 0.1) is 0 Å². The highest BCUT2D eigenvalue weighted by Gasteiger charge is 1.94. The van der Waals surface area contributed by atoms with Crippen molar-refractivity contribution in [3.63, 3.8) is 0 Å². The fraction of sp³-hybridized carbons (Fsp3) is 0.143. The summed E-state index contributed by atoms with van der Waals surface area (Å²) in [4.78, 5) is 0. The first kappa shape index (κ1) is 17.9. The molecule has 0 aliphatic carbocycles. The Morgan fingerprint density at radius 3 is 1.28 bits per heavy atom. The van der Waals surface area contributed by atoms with Gasteiger partial charge in [-0.15, -0.1) is 0 Å². The molecule has 0 amide bonds. The summed E-state index contributed by atoms with van der Waals surface area (Å²) in [5.74, 6) is 2.16. The quantitative estimate of drug-likeness (QED) is 0.435. The van der Waals surface area contributed by atoms with Crippen molar-refractivity contribution in [1.29, 1.82) is 0 Å². The molecule has 2 aromatic rings. The number of rotatable bonds is 5. The maximum Gasteiger partial charge on any atom is 0.0288 e. The van der Waals surface area contributed by atoms with Crippen molar-refractivity contribution in [2.24, 2.45) is 0 Å². The molecule has 0 spiro atoms. The topological polar surface area (TPSA) is 0 Å². The fourth-order valence-electron chi connectivity index (χ4n) is 1.37. The third-order valence-corrected chi connectivity index (χ3v) is 4.50. The van der Waals surface area contributed by atoms with Gasteiger partial charge in [-0.3, -0.25) is 0 Å². The highest BCUT2D eigenvalue weighted by molar-refractivity contribution is 8.76. The minimum Gasteiger partial charge on any atom is -0.197 e. The van der Waals surface area contributed by atoms with Crippen molar-refractivity contribution in [3.8, 4) is 0 Å². The Labute approximate surface area is 128 Å². The highest BCUT2D eigenvalue weighted by Crippen LogP contribution is 2.29. The average molecular weight is 314 g/mol. The molecule has 98 valence electrons. The fourth-order valence-corrected chi connectivity index (χ4v) is 3.51. The smallest absolute Gasteiger partial charge is 0.0288 e. The standard InChI is InChI=1S/C14H14S2.H3P.H2S/c1-3-7-13(8-4-1)11-15-16-12-14-9-5-2-6-10-14;;/h1-10H,11-12H2;1H3;1H2. The first-order chi connectivity index (χ1) is 7.95. The largest absolute Gasteiger partial charge is 0.197 e. The predicted octanol–water partition coefficient (Wildman–Crippen LogP) is 4.94. The molecule has 2 rings (SSSR count). The van der Waals surface area contributed by atoms with Crippen LogP contribution >= 0.6 is 45.0 Å². The summed E-state index contributed by atoms with van der Waals surface area (Å²) in [5.41, 5.74) is 2.79. The van der Waals surface area contributed by atoms with Crippen LogP contribution in [0.5, 0.6) is 0 Å². The van der Waals surface area contributed by atoms with Crippen molar-refractivity contribution in [2.45, 2.75) is 11.5 Å². The maximum absolute atomic E-state index is 2.18. The molecule has 18 heavy (non-hydrogen) atoms. The zero-order valence-electron chi connectivity index (χ0n) is 10.2. The summed E-state index contributed by atoms with van der Waals surface area (Å²) in [5, 5.41) is 0. The van der Waals surface area contributed by atoms with Gasteiger partial charge in [0.1, 0.15) is 0 Å². The summed E-state index contributed by atoms with van der Waals surface area (Å²) in [6, 6.07) is 21.2. The van der Waals surface area contributed by atoms with E-state index >= 15 is 0 Å². The molecule has 0 radical (unpaired) electrons. The summed E-state index contributed by atoms with van der Waals surface area (Å²) < 4.78 is 0. The van der Waals surface area contributed by atoms with Gasteiger partial charge >= 0.3 is 0 Å². The van der Waals surface area contributed by atoms with Crippen LogP contribution < -0.4 is 0 Å². The first-order valence-corrected chi connectivity index (χ1v) is 7.76. The van der Waals surface area contributed by atoms with E-state index in [0.717, 1.165) is 11.5 Å². The molecule has 0 aliphatic rings. The average Bonchev–Trinajstić information content (AvgIpc) is 2.37. The minimum absolute atomic E-state index is 0. The van der Waals surface area contributed by atoms with Gasteiger partial charge in [-0.25, -0.2) is 0 Å². The Morgan fingerprint density at radius 2 is 0.944 bits per heavy atom. The molecular formula is C14H19PS3. The van der Waals surface area contributed by atoms with Gasteiger partial charge in [-0.2, -0.15) is 23.4 Å². The van der Waals surface area contributed by atoms with Crippen molar-refractivity contribution in [2.75, 3.05) is 0 Å². The highest BCUT2D eigenvalue weighted by atomic mass is 33.1. The van der Waals surface area contributed by atoms with Crippen molar-refractivity contribution < 1.29 is 0 Å². The Hall–Kier alpha value is -0.0800. The molecule has 0 heterocycles. The summed E-state index contributed by atoms with van der Waals surface area (Å²) in [7, 11) is 3.84. The Bertz CT molecular complexity index is 364. The normalized spacial score (nSPS) is 9.11. The van der Waals surface area contributed by atoms with Crippen LogP contribution in [0.2, 0.25) is 0 Å². The summed E-state index contributed by atoms with van der Waals surface area (Å²) in [6.07, 6.45) is 0. The molecule has 0 N–H and O–H groups in total. The van der Waals surface area contributed by atoms with E-state index in [0.29, 0.717) is 0 Å². The van der Waals surface area contributed by atoms with Gasteiger partial charge in [0.15, 0.2) is 0 Å². The molecule has 0 aliphatic heterocycles. The zero-order chi connectivity index (χ0) is 11.1. The minimum atomic E-state index is 0. The van der Waals surface area contributed by atoms with Gasteiger partial charge in [0.25, 0.3) is 0 Å². The Balaban J connectivity index is 0.00000144. The molecule has 2 aromatic carbocycles. The predicted molar refractivity (Wildman–Crippen MR) is 97.0 cm³/mol. The van der Waals surface area contributed by atoms with E-state index in [4.69, 9.17) is 0 Å². The second kappa shape index (κ2) is 10.8. The molecule has 1 atom stereocenters. The monoisotopic (exact) mass is 314 g/mol. The molecule has 0 nitrogen and oxygen atoms in total. The third kappa shape index (κ3) is 6.75. The van der Waals surface area contributed by atoms with E-state index in [1.54, 1.807) is 0 Å². The number of hydrogen-bond donors (Lipinski definition) is 0. The lowest BCUT2D eigenvalue weighted by Crippen LogP contribution is -1.78. The third-order valence-electron chi connectivity index (χ3n) is 2.22. The van der Waals surface area contributed by atoms with E-state index in [-0.39, 0.29) is 23.4 Å². The molecule has 0 saturated carbocycles. The lowest BCUT2D eigenvalue weighted by molar-refractivity contribution is 1.42. The summed E-state index contributed by atoms with van der Waals surface area (Å²) in [6.45, 7) is 0. The van der Waals surface area contributed by atoms with Crippen LogP contribution in [0, 0.1) is 0 Å². The van der Waals surface area contributed by atoms with Gasteiger partial charge in [-0.1, -0.05) is 82.3 Å². The Morgan fingerprint density at radius 1 is 0.611 bits per heavy atom. The van der Waals surface area contributed by atoms with Crippen molar-refractivity contribution >= 4 is 45.0 Å². The van der Waals surface area contributed by atoms with Crippen LogP contribution in [0.25, 0.3) is 0 Å². The molecule has 1 unspecified atom stereocenters. The second-order valence-electron chi connectivity index (χ2n) is 3.50. The van der Waals surface area contributed by atoms with Crippen molar-refractivity contribution in [1.82, 2.24) is 0 Å². The van der Waals surface area contributed by atoms with Gasteiger partial charge in [0.2, 0.25) is 0 Å². The van der Waals surface area contributed by atoms with Gasteiger partial charge in [-0.05, 0) is 11.1 Å². The zero-order valence-corrected chi connectivity index (χ0v) is 14.3. The molecule has 0 bridgehead atoms. The van der Waals surface area contributed by atoms with E-state index in [1.165, 1.54) is 11.1 Å². The molecular weight excluding hydrogens is 295 g/mol. The van der Waals surface area contributed by atoms with E-state index in [1.807, 2.05) is 21.6 Å². The maximum atomic E-state index is 2.18. The van der Waals surface area contributed by atoms with E-state index < -0.39 is 0 Å². The van der Waals surface area contributed by atoms with Crippen molar-refractivity contribution in [3.05, 3.63) is 71.8 Å². The van der Waals surface area contributed by atoms with E-state index in [2.05, 4.69) is 60.7 Å². The van der Waals surface area contributed by atoms with Crippen LogP contribution in [-0.4, -0.2) is 0 Å². The van der Waals surface area contributed by atoms with Crippen LogP contribution in [-0.2, 0) is 11.5 Å². The molecule has 0 saturated heterocycles. The van der Waals surface area contributed by atoms with Crippen LogP contribution in [0.3, 0.4) is 0 Å². The van der Waals surface area contributed by atoms with Gasteiger partial charge < -0.3 is 0 Å². The molecule has 0 fully saturated rings. The summed E-state index contributed by atoms with van der Waals surface area (Å²) >= 11 is 0. The first-order valence-electron chi connectivity index (χ1n) is 5.27. The van der Waals surface area contributed by atoms with Crippen LogP contribution in [0.4, 0.5) is 0 Å². The molecule has 4 heteroatoms. The van der Waals surface area contributed by atoms with E-state index in [9.17, 15) is 0 Å². The number of benzene rings is 2. The lowest BCUT2D eigenvalue weighted by atomic mass is 10.2. The van der Waals surface area contributed by atoms with Gasteiger partial charge in [0, 0.05) is 11.5 Å². The SMILES string of the molecule is P.S.c1ccc(CSSCc2ccccc2)cc1. The molecule has 0 aromatic heterocycles. The lowest BCUT2D eigenvalue weighted by Gasteiger charge is -2.01.